The van der Waals surface area contributed by atoms with Crippen LogP contribution in [-0.4, -0.2) is 39.4 Å². The zero-order chi connectivity index (χ0) is 14.0. The Morgan fingerprint density at radius 2 is 2.11 bits per heavy atom. The van der Waals surface area contributed by atoms with Gasteiger partial charge in [0.15, 0.2) is 11.5 Å². The molecule has 9 nitrogen and oxygen atoms in total. The third-order valence-corrected chi connectivity index (χ3v) is 2.09. The van der Waals surface area contributed by atoms with Crippen LogP contribution in [0.3, 0.4) is 0 Å². The van der Waals surface area contributed by atoms with Crippen LogP contribution in [0.15, 0.2) is 15.0 Å². The van der Waals surface area contributed by atoms with Gasteiger partial charge in [-0.05, 0) is 0 Å². The van der Waals surface area contributed by atoms with Crippen LogP contribution in [0.25, 0.3) is 11.6 Å². The molecule has 0 aliphatic carbocycles. The first-order valence-electron chi connectivity index (χ1n) is 4.95. The van der Waals surface area contributed by atoms with E-state index in [1.807, 2.05) is 0 Å². The molecule has 0 amide bonds. The Morgan fingerprint density at radius 1 is 1.37 bits per heavy atom. The van der Waals surface area contributed by atoms with E-state index in [4.69, 9.17) is 23.9 Å². The van der Waals surface area contributed by atoms with Gasteiger partial charge < -0.3 is 23.9 Å². The van der Waals surface area contributed by atoms with E-state index in [1.54, 1.807) is 0 Å². The van der Waals surface area contributed by atoms with Gasteiger partial charge in [-0.2, -0.15) is 4.98 Å². The predicted molar refractivity (Wildman–Crippen MR) is 56.6 cm³/mol. The number of hydrogen-bond acceptors (Lipinski definition) is 7. The van der Waals surface area contributed by atoms with Crippen LogP contribution in [0.5, 0.6) is 0 Å². The van der Waals surface area contributed by atoms with Gasteiger partial charge in [0.2, 0.25) is 17.3 Å². The van der Waals surface area contributed by atoms with Gasteiger partial charge in [0.25, 0.3) is 0 Å². The molecule has 100 valence electrons. The first-order valence-corrected chi connectivity index (χ1v) is 4.95. The lowest BCUT2D eigenvalue weighted by molar-refractivity contribution is 0.0624. The van der Waals surface area contributed by atoms with Crippen molar-refractivity contribution in [3.8, 4) is 11.6 Å². The highest BCUT2D eigenvalue weighted by molar-refractivity contribution is 5.98. The van der Waals surface area contributed by atoms with Crippen LogP contribution < -0.4 is 0 Å². The average Bonchev–Trinajstić information content (AvgIpc) is 2.94. The molecule has 2 heterocycles. The van der Waals surface area contributed by atoms with Crippen molar-refractivity contribution in [1.29, 1.82) is 0 Å². The Balaban J connectivity index is 2.42. The zero-order valence-corrected chi connectivity index (χ0v) is 9.61. The summed E-state index contributed by atoms with van der Waals surface area (Å²) in [5.41, 5.74) is -0.610. The Bertz CT molecular complexity index is 596. The van der Waals surface area contributed by atoms with Crippen molar-refractivity contribution in [3.63, 3.8) is 0 Å². The molecule has 0 aliphatic rings. The van der Waals surface area contributed by atoms with Crippen LogP contribution in [0.4, 0.5) is 0 Å². The highest BCUT2D eigenvalue weighted by atomic mass is 16.5. The number of hydrogen-bond donors (Lipinski definition) is 2. The van der Waals surface area contributed by atoms with E-state index in [1.165, 1.54) is 13.2 Å². The minimum absolute atomic E-state index is 0.0852. The maximum atomic E-state index is 10.8. The molecule has 0 saturated carbocycles. The number of methoxy groups -OCH3 is 1. The molecule has 2 aromatic heterocycles. The van der Waals surface area contributed by atoms with Crippen molar-refractivity contribution in [2.75, 3.05) is 7.11 Å². The lowest BCUT2D eigenvalue weighted by Gasteiger charge is -1.87. The minimum Gasteiger partial charge on any atom is -0.476 e. The van der Waals surface area contributed by atoms with E-state index in [2.05, 4.69) is 10.1 Å². The van der Waals surface area contributed by atoms with E-state index in [9.17, 15) is 9.59 Å². The van der Waals surface area contributed by atoms with Crippen LogP contribution in [0.1, 0.15) is 26.8 Å². The fraction of sp³-hybridized carbons (Fsp3) is 0.200. The molecule has 0 aromatic carbocycles. The lowest BCUT2D eigenvalue weighted by Crippen LogP contribution is -2.05. The predicted octanol–water partition coefficient (Wildman–Crippen LogP) is 0.872. The molecule has 2 rings (SSSR count). The highest BCUT2D eigenvalue weighted by Crippen LogP contribution is 2.22. The third-order valence-electron chi connectivity index (χ3n) is 2.09. The molecule has 19 heavy (non-hydrogen) atoms. The van der Waals surface area contributed by atoms with Gasteiger partial charge >= 0.3 is 11.9 Å². The van der Waals surface area contributed by atoms with Crippen LogP contribution in [0, 0.1) is 0 Å². The molecule has 0 bridgehead atoms. The average molecular weight is 268 g/mol. The summed E-state index contributed by atoms with van der Waals surface area (Å²) in [4.78, 5) is 25.2. The van der Waals surface area contributed by atoms with Crippen molar-refractivity contribution in [2.45, 2.75) is 6.61 Å². The molecule has 0 fully saturated rings. The minimum atomic E-state index is -1.53. The third kappa shape index (κ3) is 2.45. The van der Waals surface area contributed by atoms with Crippen molar-refractivity contribution in [2.24, 2.45) is 0 Å². The summed E-state index contributed by atoms with van der Waals surface area (Å²) in [6, 6.07) is 1.41. The summed E-state index contributed by atoms with van der Waals surface area (Å²) in [6.45, 7) is 0.158. The second kappa shape index (κ2) is 4.90. The molecular formula is C10H8N2O7. The van der Waals surface area contributed by atoms with Gasteiger partial charge in [0.1, 0.15) is 6.61 Å². The molecule has 0 atom stereocenters. The summed E-state index contributed by atoms with van der Waals surface area (Å²) in [7, 11) is 1.46. The number of oxazole rings is 1. The summed E-state index contributed by atoms with van der Waals surface area (Å²) in [5.74, 6) is -3.69. The number of carbonyl (C=O) groups is 2. The maximum absolute atomic E-state index is 10.8. The van der Waals surface area contributed by atoms with Gasteiger partial charge in [-0.3, -0.25) is 0 Å². The zero-order valence-electron chi connectivity index (χ0n) is 9.61. The van der Waals surface area contributed by atoms with Crippen molar-refractivity contribution >= 4 is 11.9 Å². The van der Waals surface area contributed by atoms with Gasteiger partial charge in [-0.25, -0.2) is 9.59 Å². The molecule has 0 radical (unpaired) electrons. The summed E-state index contributed by atoms with van der Waals surface area (Å²) in [6.07, 6.45) is 0. The molecular weight excluding hydrogens is 260 g/mol. The Hall–Kier alpha value is -2.68. The largest absolute Gasteiger partial charge is 0.476 e. The quantitative estimate of drug-likeness (QED) is 0.809. The summed E-state index contributed by atoms with van der Waals surface area (Å²) in [5, 5.41) is 21.2. The smallest absolute Gasteiger partial charge is 0.374 e. The van der Waals surface area contributed by atoms with Crippen molar-refractivity contribution in [3.05, 3.63) is 23.3 Å². The van der Waals surface area contributed by atoms with Crippen LogP contribution in [0.2, 0.25) is 0 Å². The van der Waals surface area contributed by atoms with Gasteiger partial charge in [0.05, 0.1) is 0 Å². The van der Waals surface area contributed by atoms with Gasteiger partial charge in [-0.1, -0.05) is 5.16 Å². The molecule has 2 N–H and O–H groups in total. The number of nitrogens with zero attached hydrogens (tertiary/aromatic N) is 2. The lowest BCUT2D eigenvalue weighted by atomic mass is 10.3. The van der Waals surface area contributed by atoms with Crippen LogP contribution in [-0.2, 0) is 11.3 Å². The number of carboxylic acids is 2. The molecule has 0 saturated heterocycles. The Labute approximate surface area is 105 Å². The van der Waals surface area contributed by atoms with E-state index < -0.39 is 23.4 Å². The van der Waals surface area contributed by atoms with Crippen molar-refractivity contribution in [1.82, 2.24) is 10.1 Å². The second-order valence-electron chi connectivity index (χ2n) is 3.42. The molecule has 2 aromatic rings. The number of carboxylic acid groups (broad SMARTS) is 2. The second-order valence-corrected chi connectivity index (χ2v) is 3.42. The first kappa shape index (κ1) is 12.8. The van der Waals surface area contributed by atoms with E-state index in [0.717, 1.165) is 0 Å². The first-order chi connectivity index (χ1) is 9.02. The summed E-state index contributed by atoms with van der Waals surface area (Å²) < 4.78 is 14.5. The number of rotatable bonds is 5. The Kier molecular flexibility index (Phi) is 3.29. The monoisotopic (exact) mass is 268 g/mol. The van der Waals surface area contributed by atoms with E-state index >= 15 is 0 Å². The molecule has 9 heteroatoms. The Morgan fingerprint density at radius 3 is 2.63 bits per heavy atom. The van der Waals surface area contributed by atoms with Crippen molar-refractivity contribution < 1.29 is 33.5 Å². The standard InChI is InChI=1S/C10H8N2O7/c1-17-3-4-2-5(12-19-4)8-11-6(9(13)14)7(18-8)10(15)16/h2H,3H2,1H3,(H,13,14)(H,15,16). The molecule has 0 unspecified atom stereocenters. The molecule has 0 aliphatic heterocycles. The fourth-order valence-corrected chi connectivity index (χ4v) is 1.34. The normalized spacial score (nSPS) is 10.6. The maximum Gasteiger partial charge on any atom is 0.374 e. The van der Waals surface area contributed by atoms with Crippen LogP contribution >= 0.6 is 0 Å². The highest BCUT2D eigenvalue weighted by Gasteiger charge is 2.26. The topological polar surface area (TPSA) is 136 Å². The van der Waals surface area contributed by atoms with E-state index in [0.29, 0.717) is 5.76 Å². The summed E-state index contributed by atoms with van der Waals surface area (Å²) >= 11 is 0. The SMILES string of the molecule is COCc1cc(-c2nc(C(=O)O)c(C(=O)O)o2)no1. The molecule has 0 spiro atoms. The van der Waals surface area contributed by atoms with Gasteiger partial charge in [0, 0.05) is 13.2 Å². The van der Waals surface area contributed by atoms with E-state index in [-0.39, 0.29) is 18.2 Å². The number of aromatic nitrogens is 2. The number of aromatic carboxylic acids is 2. The fourth-order valence-electron chi connectivity index (χ4n) is 1.34. The number of ether oxygens (including phenoxy) is 1. The van der Waals surface area contributed by atoms with Gasteiger partial charge in [-0.15, -0.1) is 0 Å².